The second kappa shape index (κ2) is 7.87. The van der Waals surface area contributed by atoms with Gasteiger partial charge in [-0.25, -0.2) is 0 Å². The lowest BCUT2D eigenvalue weighted by Crippen LogP contribution is -2.39. The molecule has 0 aromatic heterocycles. The third kappa shape index (κ3) is 4.83. The van der Waals surface area contributed by atoms with Crippen molar-refractivity contribution in [3.05, 3.63) is 23.8 Å². The van der Waals surface area contributed by atoms with E-state index in [2.05, 4.69) is 5.32 Å². The lowest BCUT2D eigenvalue weighted by atomic mass is 10.0. The zero-order valence-corrected chi connectivity index (χ0v) is 12.6. The number of benzene rings is 1. The van der Waals surface area contributed by atoms with E-state index in [0.29, 0.717) is 24.7 Å². The molecule has 1 aromatic rings. The lowest BCUT2D eigenvalue weighted by molar-refractivity contribution is -0.118. The monoisotopic (exact) mass is 280 g/mol. The minimum Gasteiger partial charge on any atom is -0.489 e. The number of anilines is 1. The second-order valence-electron chi connectivity index (χ2n) is 5.10. The van der Waals surface area contributed by atoms with Gasteiger partial charge in [-0.05, 0) is 30.5 Å². The Balaban J connectivity index is 2.80. The van der Waals surface area contributed by atoms with E-state index in [1.54, 1.807) is 7.11 Å². The largest absolute Gasteiger partial charge is 0.489 e. The molecule has 5 nitrogen and oxygen atoms in total. The number of hydrogen-bond acceptors (Lipinski definition) is 4. The quantitative estimate of drug-likeness (QED) is 0.749. The number of carbonyl (C=O) groups excluding carboxylic acids is 1. The number of nitrogens with one attached hydrogen (secondary N) is 1. The summed E-state index contributed by atoms with van der Waals surface area (Å²) in [7, 11) is 1.62. The first-order valence-corrected chi connectivity index (χ1v) is 6.74. The summed E-state index contributed by atoms with van der Waals surface area (Å²) in [4.78, 5) is 12.0. The first-order chi connectivity index (χ1) is 9.45. The van der Waals surface area contributed by atoms with Crippen molar-refractivity contribution in [1.29, 1.82) is 0 Å². The molecule has 1 aromatic carbocycles. The van der Waals surface area contributed by atoms with Gasteiger partial charge in [-0.1, -0.05) is 19.9 Å². The second-order valence-corrected chi connectivity index (χ2v) is 5.10. The van der Waals surface area contributed by atoms with Gasteiger partial charge in [0.1, 0.15) is 12.4 Å². The maximum Gasteiger partial charge on any atom is 0.241 e. The smallest absolute Gasteiger partial charge is 0.241 e. The SMILES string of the molecule is COCCOc1cc(C)ccc1NC(=O)C(N)C(C)C. The molecule has 3 N–H and O–H groups in total. The molecule has 0 aliphatic heterocycles. The number of carbonyl (C=O) groups is 1. The van der Waals surface area contributed by atoms with Crippen LogP contribution in [0.25, 0.3) is 0 Å². The van der Waals surface area contributed by atoms with Crippen LogP contribution in [0.2, 0.25) is 0 Å². The normalized spacial score (nSPS) is 12.3. The van der Waals surface area contributed by atoms with Crippen LogP contribution in [0.4, 0.5) is 5.69 Å². The van der Waals surface area contributed by atoms with Gasteiger partial charge in [-0.3, -0.25) is 4.79 Å². The van der Waals surface area contributed by atoms with Gasteiger partial charge in [0.05, 0.1) is 18.3 Å². The van der Waals surface area contributed by atoms with Crippen molar-refractivity contribution in [2.24, 2.45) is 11.7 Å². The Labute approximate surface area is 120 Å². The van der Waals surface area contributed by atoms with Gasteiger partial charge in [0.2, 0.25) is 5.91 Å². The summed E-state index contributed by atoms with van der Waals surface area (Å²) >= 11 is 0. The third-order valence-electron chi connectivity index (χ3n) is 2.96. The fourth-order valence-corrected chi connectivity index (χ4v) is 1.61. The van der Waals surface area contributed by atoms with Crippen molar-refractivity contribution in [3.63, 3.8) is 0 Å². The summed E-state index contributed by atoms with van der Waals surface area (Å²) < 4.78 is 10.6. The Kier molecular flexibility index (Phi) is 6.48. The first kappa shape index (κ1) is 16.5. The number of aryl methyl sites for hydroxylation is 1. The highest BCUT2D eigenvalue weighted by molar-refractivity contribution is 5.96. The van der Waals surface area contributed by atoms with Gasteiger partial charge < -0.3 is 20.5 Å². The zero-order chi connectivity index (χ0) is 15.1. The molecule has 112 valence electrons. The minimum atomic E-state index is -0.539. The molecule has 1 atom stereocenters. The number of amides is 1. The molecule has 0 saturated carbocycles. The van der Waals surface area contributed by atoms with Crippen molar-refractivity contribution < 1.29 is 14.3 Å². The van der Waals surface area contributed by atoms with Crippen LogP contribution in [0, 0.1) is 12.8 Å². The van der Waals surface area contributed by atoms with E-state index in [0.717, 1.165) is 5.56 Å². The van der Waals surface area contributed by atoms with E-state index in [1.807, 2.05) is 39.0 Å². The fraction of sp³-hybridized carbons (Fsp3) is 0.533. The highest BCUT2D eigenvalue weighted by atomic mass is 16.5. The highest BCUT2D eigenvalue weighted by Gasteiger charge is 2.18. The molecular formula is C15H24N2O3. The number of hydrogen-bond donors (Lipinski definition) is 2. The summed E-state index contributed by atoms with van der Waals surface area (Å²) in [5.74, 6) is 0.505. The molecule has 1 unspecified atom stereocenters. The maximum atomic E-state index is 12.0. The Morgan fingerprint density at radius 2 is 2.05 bits per heavy atom. The molecular weight excluding hydrogens is 256 g/mol. The van der Waals surface area contributed by atoms with Crippen molar-refractivity contribution in [2.75, 3.05) is 25.6 Å². The van der Waals surface area contributed by atoms with Gasteiger partial charge in [0.15, 0.2) is 0 Å². The molecule has 0 heterocycles. The number of ether oxygens (including phenoxy) is 2. The first-order valence-electron chi connectivity index (χ1n) is 6.74. The van der Waals surface area contributed by atoms with E-state index < -0.39 is 6.04 Å². The van der Waals surface area contributed by atoms with Crippen LogP contribution >= 0.6 is 0 Å². The molecule has 0 bridgehead atoms. The van der Waals surface area contributed by atoms with Crippen molar-refractivity contribution in [3.8, 4) is 5.75 Å². The molecule has 0 radical (unpaired) electrons. The topological polar surface area (TPSA) is 73.6 Å². The Morgan fingerprint density at radius 3 is 2.65 bits per heavy atom. The van der Waals surface area contributed by atoms with E-state index in [4.69, 9.17) is 15.2 Å². The average Bonchev–Trinajstić information content (AvgIpc) is 2.40. The van der Waals surface area contributed by atoms with E-state index >= 15 is 0 Å². The van der Waals surface area contributed by atoms with Gasteiger partial charge >= 0.3 is 0 Å². The molecule has 1 rings (SSSR count). The van der Waals surface area contributed by atoms with Crippen LogP contribution in [0.3, 0.4) is 0 Å². The molecule has 20 heavy (non-hydrogen) atoms. The van der Waals surface area contributed by atoms with Crippen LogP contribution < -0.4 is 15.8 Å². The van der Waals surface area contributed by atoms with E-state index in [1.165, 1.54) is 0 Å². The molecule has 0 spiro atoms. The summed E-state index contributed by atoms with van der Waals surface area (Å²) in [6.45, 7) is 6.71. The van der Waals surface area contributed by atoms with Crippen molar-refractivity contribution in [1.82, 2.24) is 0 Å². The van der Waals surface area contributed by atoms with Crippen LogP contribution in [-0.2, 0) is 9.53 Å². The zero-order valence-electron chi connectivity index (χ0n) is 12.6. The molecule has 1 amide bonds. The highest BCUT2D eigenvalue weighted by Crippen LogP contribution is 2.26. The standard InChI is InChI=1S/C15H24N2O3/c1-10(2)14(16)15(18)17-12-6-5-11(3)9-13(12)20-8-7-19-4/h5-6,9-10,14H,7-8,16H2,1-4H3,(H,17,18). The summed E-state index contributed by atoms with van der Waals surface area (Å²) in [6, 6.07) is 5.08. The minimum absolute atomic E-state index is 0.0818. The third-order valence-corrected chi connectivity index (χ3v) is 2.96. The van der Waals surface area contributed by atoms with E-state index in [-0.39, 0.29) is 11.8 Å². The maximum absolute atomic E-state index is 12.0. The predicted octanol–water partition coefficient (Wildman–Crippen LogP) is 1.94. The van der Waals surface area contributed by atoms with Crippen molar-refractivity contribution >= 4 is 11.6 Å². The lowest BCUT2D eigenvalue weighted by Gasteiger charge is -2.18. The average molecular weight is 280 g/mol. The van der Waals surface area contributed by atoms with Gasteiger partial charge in [-0.15, -0.1) is 0 Å². The number of rotatable bonds is 7. The van der Waals surface area contributed by atoms with Gasteiger partial charge in [0.25, 0.3) is 0 Å². The van der Waals surface area contributed by atoms with Crippen LogP contribution in [0.15, 0.2) is 18.2 Å². The predicted molar refractivity (Wildman–Crippen MR) is 80.0 cm³/mol. The fourth-order valence-electron chi connectivity index (χ4n) is 1.61. The van der Waals surface area contributed by atoms with Gasteiger partial charge in [0, 0.05) is 7.11 Å². The summed E-state index contributed by atoms with van der Waals surface area (Å²) in [5, 5.41) is 2.82. The molecule has 0 fully saturated rings. The van der Waals surface area contributed by atoms with Crippen LogP contribution in [0.5, 0.6) is 5.75 Å². The molecule has 0 aliphatic carbocycles. The molecule has 0 aliphatic rings. The number of nitrogens with two attached hydrogens (primary N) is 1. The molecule has 5 heteroatoms. The van der Waals surface area contributed by atoms with Crippen LogP contribution in [0.1, 0.15) is 19.4 Å². The van der Waals surface area contributed by atoms with Crippen molar-refractivity contribution in [2.45, 2.75) is 26.8 Å². The van der Waals surface area contributed by atoms with Gasteiger partial charge in [-0.2, -0.15) is 0 Å². The Hall–Kier alpha value is -1.59. The molecule has 0 saturated heterocycles. The Morgan fingerprint density at radius 1 is 1.35 bits per heavy atom. The number of methoxy groups -OCH3 is 1. The Bertz CT molecular complexity index is 447. The van der Waals surface area contributed by atoms with E-state index in [9.17, 15) is 4.79 Å². The summed E-state index contributed by atoms with van der Waals surface area (Å²) in [6.07, 6.45) is 0. The van der Waals surface area contributed by atoms with Crippen LogP contribution in [-0.4, -0.2) is 32.3 Å². The summed E-state index contributed by atoms with van der Waals surface area (Å²) in [5.41, 5.74) is 7.53.